The number of amides is 1. The van der Waals surface area contributed by atoms with Gasteiger partial charge in [0.2, 0.25) is 0 Å². The van der Waals surface area contributed by atoms with Crippen LogP contribution in [0.1, 0.15) is 35.3 Å². The first-order chi connectivity index (χ1) is 13.6. The number of morpholine rings is 1. The molecule has 1 aliphatic heterocycles. The van der Waals surface area contributed by atoms with Crippen LogP contribution in [0.4, 0.5) is 19.0 Å². The number of aromatic nitrogens is 1. The maximum Gasteiger partial charge on any atom is 0.417 e. The average molecular weight is 428 g/mol. The highest BCUT2D eigenvalue weighted by Crippen LogP contribution is 2.32. The minimum atomic E-state index is -4.49. The molecular weight excluding hydrogens is 407 g/mol. The zero-order valence-corrected chi connectivity index (χ0v) is 16.7. The van der Waals surface area contributed by atoms with Gasteiger partial charge in [0.25, 0.3) is 5.91 Å². The summed E-state index contributed by atoms with van der Waals surface area (Å²) in [5.41, 5.74) is 0.506. The summed E-state index contributed by atoms with van der Waals surface area (Å²) < 4.78 is 43.7. The van der Waals surface area contributed by atoms with E-state index in [1.807, 2.05) is 13.8 Å². The molecule has 156 valence electrons. The Hall–Kier alpha value is -2.32. The number of carbonyl (C=O) groups is 1. The van der Waals surface area contributed by atoms with Gasteiger partial charge in [0, 0.05) is 31.4 Å². The van der Waals surface area contributed by atoms with Gasteiger partial charge >= 0.3 is 6.18 Å². The van der Waals surface area contributed by atoms with E-state index in [1.165, 1.54) is 0 Å². The van der Waals surface area contributed by atoms with Gasteiger partial charge in [-0.3, -0.25) is 4.79 Å². The summed E-state index contributed by atoms with van der Waals surface area (Å²) in [6.45, 7) is 5.27. The maximum absolute atomic E-state index is 12.7. The highest BCUT2D eigenvalue weighted by molar-refractivity contribution is 6.32. The number of nitrogens with one attached hydrogen (secondary N) is 1. The normalized spacial score (nSPS) is 19.9. The van der Waals surface area contributed by atoms with Gasteiger partial charge in [-0.15, -0.1) is 0 Å². The lowest BCUT2D eigenvalue weighted by atomic mass is 10.1. The number of rotatable bonds is 4. The van der Waals surface area contributed by atoms with Crippen LogP contribution in [-0.4, -0.2) is 41.1 Å². The number of anilines is 1. The minimum Gasteiger partial charge on any atom is -0.372 e. The van der Waals surface area contributed by atoms with Gasteiger partial charge in [-0.25, -0.2) is 4.98 Å². The smallest absolute Gasteiger partial charge is 0.372 e. The van der Waals surface area contributed by atoms with Gasteiger partial charge in [0.15, 0.2) is 0 Å². The molecule has 1 N–H and O–H groups in total. The summed E-state index contributed by atoms with van der Waals surface area (Å²) in [4.78, 5) is 18.2. The third kappa shape index (κ3) is 5.39. The Kier molecular flexibility index (Phi) is 6.33. The second-order valence-corrected chi connectivity index (χ2v) is 7.48. The first kappa shape index (κ1) is 21.4. The molecule has 2 heterocycles. The van der Waals surface area contributed by atoms with E-state index in [1.54, 1.807) is 29.2 Å². The fourth-order valence-corrected chi connectivity index (χ4v) is 3.43. The Morgan fingerprint density at radius 2 is 1.86 bits per heavy atom. The van der Waals surface area contributed by atoms with E-state index in [-0.39, 0.29) is 29.0 Å². The third-order valence-corrected chi connectivity index (χ3v) is 4.82. The Morgan fingerprint density at radius 1 is 1.24 bits per heavy atom. The van der Waals surface area contributed by atoms with E-state index in [9.17, 15) is 18.0 Å². The van der Waals surface area contributed by atoms with E-state index in [2.05, 4.69) is 10.3 Å². The SMILES string of the molecule is C[C@@H]1CN(C(=O)c2ccc(CNc3ncc(C(F)(F)F)cc3Cl)cc2)C[C@@H](C)O1. The standard InChI is InChI=1S/C20H21ClF3N3O2/c1-12-10-27(11-13(2)29-12)19(28)15-5-3-14(4-6-15)8-25-18-17(21)7-16(9-26-18)20(22,23)24/h3-7,9,12-13H,8,10-11H2,1-2H3,(H,25,26)/t12-,13-/m1/s1. The van der Waals surface area contributed by atoms with Crippen molar-refractivity contribution in [2.75, 3.05) is 18.4 Å². The van der Waals surface area contributed by atoms with Crippen molar-refractivity contribution in [1.29, 1.82) is 0 Å². The van der Waals surface area contributed by atoms with Crippen LogP contribution >= 0.6 is 11.6 Å². The number of pyridine rings is 1. The van der Waals surface area contributed by atoms with Crippen molar-refractivity contribution in [3.8, 4) is 0 Å². The molecule has 2 aromatic rings. The molecule has 1 amide bonds. The van der Waals surface area contributed by atoms with Crippen LogP contribution in [0.2, 0.25) is 5.02 Å². The van der Waals surface area contributed by atoms with E-state index in [0.29, 0.717) is 25.2 Å². The second kappa shape index (κ2) is 8.59. The molecule has 0 unspecified atom stereocenters. The molecule has 0 saturated carbocycles. The van der Waals surface area contributed by atoms with Crippen LogP contribution in [0.3, 0.4) is 0 Å². The zero-order valence-electron chi connectivity index (χ0n) is 16.0. The highest BCUT2D eigenvalue weighted by Gasteiger charge is 2.31. The molecule has 0 aliphatic carbocycles. The summed E-state index contributed by atoms with van der Waals surface area (Å²) in [6, 6.07) is 7.86. The van der Waals surface area contributed by atoms with Crippen LogP contribution in [0.15, 0.2) is 36.5 Å². The molecule has 0 bridgehead atoms. The van der Waals surface area contributed by atoms with Crippen LogP contribution in [0.25, 0.3) is 0 Å². The predicted molar refractivity (Wildman–Crippen MR) is 104 cm³/mol. The minimum absolute atomic E-state index is 0.00726. The Bertz CT molecular complexity index is 864. The molecule has 1 aromatic heterocycles. The summed E-state index contributed by atoms with van der Waals surface area (Å²) >= 11 is 5.89. The van der Waals surface area contributed by atoms with Crippen LogP contribution in [0, 0.1) is 0 Å². The second-order valence-electron chi connectivity index (χ2n) is 7.07. The van der Waals surface area contributed by atoms with Crippen molar-refractivity contribution in [2.24, 2.45) is 0 Å². The topological polar surface area (TPSA) is 54.5 Å². The van der Waals surface area contributed by atoms with Crippen molar-refractivity contribution in [3.63, 3.8) is 0 Å². The molecule has 5 nitrogen and oxygen atoms in total. The molecule has 1 aromatic carbocycles. The maximum atomic E-state index is 12.7. The van der Waals surface area contributed by atoms with Crippen molar-refractivity contribution < 1.29 is 22.7 Å². The van der Waals surface area contributed by atoms with E-state index in [0.717, 1.165) is 17.8 Å². The van der Waals surface area contributed by atoms with E-state index >= 15 is 0 Å². The highest BCUT2D eigenvalue weighted by atomic mass is 35.5. The first-order valence-corrected chi connectivity index (χ1v) is 9.51. The first-order valence-electron chi connectivity index (χ1n) is 9.14. The molecule has 9 heteroatoms. The van der Waals surface area contributed by atoms with Gasteiger partial charge < -0.3 is 15.0 Å². The van der Waals surface area contributed by atoms with Crippen molar-refractivity contribution in [2.45, 2.75) is 38.8 Å². The lowest BCUT2D eigenvalue weighted by Gasteiger charge is -2.35. The van der Waals surface area contributed by atoms with Crippen LogP contribution in [-0.2, 0) is 17.5 Å². The van der Waals surface area contributed by atoms with E-state index < -0.39 is 11.7 Å². The fraction of sp³-hybridized carbons (Fsp3) is 0.400. The van der Waals surface area contributed by atoms with Gasteiger partial charge in [-0.05, 0) is 37.6 Å². The zero-order chi connectivity index (χ0) is 21.2. The summed E-state index contributed by atoms with van der Waals surface area (Å²) in [7, 11) is 0. The average Bonchev–Trinajstić information content (AvgIpc) is 2.65. The molecule has 1 saturated heterocycles. The number of hydrogen-bond donors (Lipinski definition) is 1. The predicted octanol–water partition coefficient (Wildman–Crippen LogP) is 4.62. The van der Waals surface area contributed by atoms with Gasteiger partial charge in [-0.2, -0.15) is 13.2 Å². The largest absolute Gasteiger partial charge is 0.417 e. The molecule has 29 heavy (non-hydrogen) atoms. The summed E-state index contributed by atoms with van der Waals surface area (Å²) in [6.07, 6.45) is -3.77. The third-order valence-electron chi connectivity index (χ3n) is 4.54. The lowest BCUT2D eigenvalue weighted by Crippen LogP contribution is -2.48. The van der Waals surface area contributed by atoms with Crippen LogP contribution in [0.5, 0.6) is 0 Å². The number of hydrogen-bond acceptors (Lipinski definition) is 4. The Labute approximate surface area is 171 Å². The molecule has 3 rings (SSSR count). The molecule has 1 aliphatic rings. The summed E-state index contributed by atoms with van der Waals surface area (Å²) in [5.74, 6) is 0.107. The fourth-order valence-electron chi connectivity index (χ4n) is 3.20. The number of benzene rings is 1. The number of nitrogens with zero attached hydrogens (tertiary/aromatic N) is 2. The number of halogens is 4. The number of alkyl halides is 3. The van der Waals surface area contributed by atoms with E-state index in [4.69, 9.17) is 16.3 Å². The molecule has 2 atom stereocenters. The molecule has 1 fully saturated rings. The monoisotopic (exact) mass is 427 g/mol. The number of carbonyl (C=O) groups excluding carboxylic acids is 1. The van der Waals surface area contributed by atoms with Crippen LogP contribution < -0.4 is 5.32 Å². The van der Waals surface area contributed by atoms with Gasteiger partial charge in [0.1, 0.15) is 5.82 Å². The lowest BCUT2D eigenvalue weighted by molar-refractivity contribution is -0.137. The van der Waals surface area contributed by atoms with Gasteiger partial charge in [-0.1, -0.05) is 23.7 Å². The van der Waals surface area contributed by atoms with Crippen molar-refractivity contribution >= 4 is 23.3 Å². The Balaban J connectivity index is 1.62. The summed E-state index contributed by atoms with van der Waals surface area (Å²) in [5, 5.41) is 2.80. The quantitative estimate of drug-likeness (QED) is 0.773. The molecule has 0 radical (unpaired) electrons. The van der Waals surface area contributed by atoms with Crippen molar-refractivity contribution in [1.82, 2.24) is 9.88 Å². The molecule has 0 spiro atoms. The number of ether oxygens (including phenoxy) is 1. The van der Waals surface area contributed by atoms with Crippen molar-refractivity contribution in [3.05, 3.63) is 58.2 Å². The Morgan fingerprint density at radius 3 is 2.41 bits per heavy atom. The molecular formula is C20H21ClF3N3O2. The van der Waals surface area contributed by atoms with Gasteiger partial charge in [0.05, 0.1) is 22.8 Å².